The molecule has 0 spiro atoms. The lowest BCUT2D eigenvalue weighted by molar-refractivity contribution is -0.104. The highest BCUT2D eigenvalue weighted by atomic mass is 16.5. The lowest BCUT2D eigenvalue weighted by atomic mass is 10.6. The van der Waals surface area contributed by atoms with E-state index in [-0.39, 0.29) is 0 Å². The molecule has 1 atom stereocenters. The second kappa shape index (κ2) is 2.53. The van der Waals surface area contributed by atoms with Crippen LogP contribution in [-0.2, 0) is 0 Å². The minimum absolute atomic E-state index is 1.69. The summed E-state index contributed by atoms with van der Waals surface area (Å²) in [6.45, 7) is 5.99. The summed E-state index contributed by atoms with van der Waals surface area (Å²) in [4.78, 5) is 2.39. The average molecular weight is 103 g/mol. The first-order chi connectivity index (χ1) is 3.18. The van der Waals surface area contributed by atoms with Crippen LogP contribution in [0.5, 0.6) is 0 Å². The molecule has 0 rings (SSSR count). The molecule has 7 heavy (non-hydrogen) atoms. The highest BCUT2D eigenvalue weighted by Gasteiger charge is 2.14. The summed E-state index contributed by atoms with van der Waals surface area (Å²) < 4.78 is 0. The SMILES string of the molecule is [C-]#[N+]C(O)C(O)O. The molecule has 40 valence electrons. The molecule has 0 saturated heterocycles. The lowest BCUT2D eigenvalue weighted by Crippen LogP contribution is -2.20. The third-order valence-corrected chi connectivity index (χ3v) is 0.399. The Balaban J connectivity index is 3.40. The van der Waals surface area contributed by atoms with Crippen molar-refractivity contribution in [1.29, 1.82) is 0 Å². The van der Waals surface area contributed by atoms with E-state index in [2.05, 4.69) is 4.85 Å². The van der Waals surface area contributed by atoms with E-state index in [1.807, 2.05) is 0 Å². The van der Waals surface area contributed by atoms with Gasteiger partial charge in [0.1, 0.15) is 0 Å². The highest BCUT2D eigenvalue weighted by molar-refractivity contribution is 4.65. The average Bonchev–Trinajstić information content (AvgIpc) is 1.65. The first-order valence-electron chi connectivity index (χ1n) is 1.59. The maximum Gasteiger partial charge on any atom is 0.376 e. The van der Waals surface area contributed by atoms with Crippen molar-refractivity contribution in [3.05, 3.63) is 11.4 Å². The molecule has 0 heterocycles. The van der Waals surface area contributed by atoms with Gasteiger partial charge in [0.05, 0.1) is 0 Å². The molecule has 0 aromatic carbocycles. The van der Waals surface area contributed by atoms with Crippen LogP contribution in [0.15, 0.2) is 0 Å². The van der Waals surface area contributed by atoms with Gasteiger partial charge in [0.2, 0.25) is 0 Å². The molecule has 0 bridgehead atoms. The Morgan fingerprint density at radius 2 is 1.71 bits per heavy atom. The zero-order valence-corrected chi connectivity index (χ0v) is 3.44. The van der Waals surface area contributed by atoms with E-state index < -0.39 is 12.5 Å². The molecule has 0 saturated carbocycles. The molecule has 3 N–H and O–H groups in total. The molecule has 0 aromatic rings. The summed E-state index contributed by atoms with van der Waals surface area (Å²) >= 11 is 0. The molecule has 0 aromatic heterocycles. The molecule has 0 amide bonds. The molecular weight excluding hydrogens is 98.0 g/mol. The Morgan fingerprint density at radius 3 is 1.71 bits per heavy atom. The van der Waals surface area contributed by atoms with Crippen LogP contribution in [-0.4, -0.2) is 27.8 Å². The Hall–Kier alpha value is -0.630. The predicted octanol–water partition coefficient (Wildman–Crippen LogP) is -1.47. The van der Waals surface area contributed by atoms with Gasteiger partial charge in [-0.3, -0.25) is 4.85 Å². The van der Waals surface area contributed by atoms with Crippen molar-refractivity contribution >= 4 is 0 Å². The first-order valence-corrected chi connectivity index (χ1v) is 1.59. The summed E-state index contributed by atoms with van der Waals surface area (Å²) in [5, 5.41) is 23.9. The van der Waals surface area contributed by atoms with Crippen LogP contribution in [0.1, 0.15) is 0 Å². The lowest BCUT2D eigenvalue weighted by Gasteiger charge is -1.95. The van der Waals surface area contributed by atoms with Gasteiger partial charge in [-0.2, -0.15) is 0 Å². The van der Waals surface area contributed by atoms with E-state index in [0.717, 1.165) is 0 Å². The van der Waals surface area contributed by atoms with Gasteiger partial charge < -0.3 is 15.3 Å². The van der Waals surface area contributed by atoms with Crippen LogP contribution in [0.2, 0.25) is 0 Å². The van der Waals surface area contributed by atoms with Crippen molar-refractivity contribution in [3.8, 4) is 0 Å². The van der Waals surface area contributed by atoms with Gasteiger partial charge in [0.25, 0.3) is 6.29 Å². The third-order valence-electron chi connectivity index (χ3n) is 0.399. The van der Waals surface area contributed by atoms with E-state index in [1.54, 1.807) is 0 Å². The number of hydrogen-bond donors (Lipinski definition) is 3. The zero-order valence-electron chi connectivity index (χ0n) is 3.44. The molecule has 0 aliphatic rings. The van der Waals surface area contributed by atoms with Gasteiger partial charge in [0, 0.05) is 0 Å². The standard InChI is InChI=1S/C3H5NO3/c1-4-2(5)3(6)7/h2-3,5-7H. The minimum Gasteiger partial charge on any atom is -0.360 e. The van der Waals surface area contributed by atoms with E-state index >= 15 is 0 Å². The van der Waals surface area contributed by atoms with Crippen molar-refractivity contribution < 1.29 is 15.3 Å². The Bertz CT molecular complexity index is 84.7. The molecule has 4 heteroatoms. The normalized spacial score (nSPS) is 13.6. The van der Waals surface area contributed by atoms with Gasteiger partial charge in [-0.25, -0.2) is 6.57 Å². The smallest absolute Gasteiger partial charge is 0.360 e. The molecule has 0 fully saturated rings. The molecule has 0 aliphatic carbocycles. The van der Waals surface area contributed by atoms with Crippen molar-refractivity contribution in [2.45, 2.75) is 12.5 Å². The van der Waals surface area contributed by atoms with Crippen LogP contribution in [0.4, 0.5) is 0 Å². The summed E-state index contributed by atoms with van der Waals surface area (Å²) in [5.41, 5.74) is 0. The molecular formula is C3H5NO3. The van der Waals surface area contributed by atoms with Crippen LogP contribution in [0.25, 0.3) is 4.85 Å². The van der Waals surface area contributed by atoms with E-state index in [0.29, 0.717) is 0 Å². The van der Waals surface area contributed by atoms with Gasteiger partial charge in [0.15, 0.2) is 0 Å². The number of aliphatic hydroxyl groups excluding tert-OH is 2. The molecule has 0 radical (unpaired) electrons. The van der Waals surface area contributed by atoms with Crippen molar-refractivity contribution in [3.63, 3.8) is 0 Å². The van der Waals surface area contributed by atoms with E-state index in [9.17, 15) is 0 Å². The molecule has 0 aliphatic heterocycles. The second-order valence-corrected chi connectivity index (χ2v) is 0.956. The summed E-state index contributed by atoms with van der Waals surface area (Å²) in [6.07, 6.45) is -3.63. The summed E-state index contributed by atoms with van der Waals surface area (Å²) in [6, 6.07) is 0. The molecule has 1 unspecified atom stereocenters. The maximum absolute atomic E-state index is 8.08. The predicted molar refractivity (Wildman–Crippen MR) is 20.8 cm³/mol. The number of rotatable bonds is 1. The summed E-state index contributed by atoms with van der Waals surface area (Å²) in [5.74, 6) is 0. The topological polar surface area (TPSA) is 65.0 Å². The van der Waals surface area contributed by atoms with Crippen LogP contribution in [0, 0.1) is 6.57 Å². The van der Waals surface area contributed by atoms with Crippen LogP contribution in [0.3, 0.4) is 0 Å². The minimum atomic E-state index is -1.93. The Morgan fingerprint density at radius 1 is 1.29 bits per heavy atom. The molecule has 4 nitrogen and oxygen atoms in total. The fourth-order valence-electron chi connectivity index (χ4n) is 0.0667. The number of hydrogen-bond acceptors (Lipinski definition) is 3. The van der Waals surface area contributed by atoms with Crippen molar-refractivity contribution in [2.24, 2.45) is 0 Å². The third kappa shape index (κ3) is 2.11. The van der Waals surface area contributed by atoms with Gasteiger partial charge >= 0.3 is 6.23 Å². The van der Waals surface area contributed by atoms with Crippen molar-refractivity contribution in [1.82, 2.24) is 0 Å². The number of nitrogens with zero attached hydrogens (tertiary/aromatic N) is 1. The second-order valence-electron chi connectivity index (χ2n) is 0.956. The fourth-order valence-corrected chi connectivity index (χ4v) is 0.0667. The zero-order chi connectivity index (χ0) is 5.86. The van der Waals surface area contributed by atoms with E-state index in [1.165, 1.54) is 0 Å². The van der Waals surface area contributed by atoms with Gasteiger partial charge in [-0.05, 0) is 0 Å². The highest BCUT2D eigenvalue weighted by Crippen LogP contribution is 1.86. The van der Waals surface area contributed by atoms with E-state index in [4.69, 9.17) is 21.9 Å². The quantitative estimate of drug-likeness (QED) is 0.280. The van der Waals surface area contributed by atoms with Crippen molar-refractivity contribution in [2.75, 3.05) is 0 Å². The summed E-state index contributed by atoms with van der Waals surface area (Å²) in [7, 11) is 0. The van der Waals surface area contributed by atoms with Gasteiger partial charge in [-0.1, -0.05) is 0 Å². The number of aliphatic hydroxyl groups is 3. The fraction of sp³-hybridized carbons (Fsp3) is 0.667. The monoisotopic (exact) mass is 103 g/mol. The maximum atomic E-state index is 8.08. The Labute approximate surface area is 40.5 Å². The van der Waals surface area contributed by atoms with Crippen LogP contribution < -0.4 is 0 Å². The van der Waals surface area contributed by atoms with Crippen LogP contribution >= 0.6 is 0 Å². The largest absolute Gasteiger partial charge is 0.376 e. The van der Waals surface area contributed by atoms with Gasteiger partial charge in [-0.15, -0.1) is 0 Å². The Kier molecular flexibility index (Phi) is 2.30. The first kappa shape index (κ1) is 6.37.